The number of fused-ring (bicyclic) bond motifs is 1. The molecule has 0 radical (unpaired) electrons. The maximum atomic E-state index is 12.0. The van der Waals surface area contributed by atoms with Gasteiger partial charge < -0.3 is 5.32 Å². The van der Waals surface area contributed by atoms with Gasteiger partial charge >= 0.3 is 0 Å². The van der Waals surface area contributed by atoms with Crippen LogP contribution in [0.3, 0.4) is 0 Å². The van der Waals surface area contributed by atoms with Crippen molar-refractivity contribution in [2.45, 2.75) is 44.0 Å². The maximum Gasteiger partial charge on any atom is 0.251 e. The van der Waals surface area contributed by atoms with Gasteiger partial charge in [-0.1, -0.05) is 6.92 Å². The summed E-state index contributed by atoms with van der Waals surface area (Å²) in [5.41, 5.74) is 2.13. The number of hydrogen-bond donors (Lipinski definition) is 1. The molecule has 1 amide bonds. The molecule has 1 aliphatic rings. The number of amides is 1. The van der Waals surface area contributed by atoms with Gasteiger partial charge in [0.05, 0.1) is 0 Å². The van der Waals surface area contributed by atoms with E-state index in [-0.39, 0.29) is 11.9 Å². The van der Waals surface area contributed by atoms with Gasteiger partial charge in [-0.15, -0.1) is 11.8 Å². The Hall–Kier alpha value is -0.960. The molecule has 92 valence electrons. The molecule has 17 heavy (non-hydrogen) atoms. The largest absolute Gasteiger partial charge is 0.350 e. The number of nitrogens with one attached hydrogen (secondary N) is 1. The molecule has 0 aliphatic carbocycles. The highest BCUT2D eigenvalue weighted by Crippen LogP contribution is 2.30. The molecule has 0 saturated carbocycles. The molecule has 0 aromatic heterocycles. The minimum atomic E-state index is 0.0534. The molecule has 0 fully saturated rings. The van der Waals surface area contributed by atoms with E-state index >= 15 is 0 Å². The molecule has 1 aliphatic heterocycles. The van der Waals surface area contributed by atoms with Crippen LogP contribution in [-0.2, 0) is 6.42 Å². The summed E-state index contributed by atoms with van der Waals surface area (Å²) in [7, 11) is 0. The summed E-state index contributed by atoms with van der Waals surface area (Å²) in [6.07, 6.45) is 3.29. The van der Waals surface area contributed by atoms with Crippen molar-refractivity contribution in [3.05, 3.63) is 29.3 Å². The van der Waals surface area contributed by atoms with Gasteiger partial charge in [-0.3, -0.25) is 4.79 Å². The third kappa shape index (κ3) is 3.03. The SMILES string of the molecule is CCC(C)NC(=O)c1ccc2c(c1)CCCS2. The second kappa shape index (κ2) is 5.58. The molecule has 1 heterocycles. The van der Waals surface area contributed by atoms with Gasteiger partial charge in [0.25, 0.3) is 5.91 Å². The highest BCUT2D eigenvalue weighted by molar-refractivity contribution is 7.99. The number of rotatable bonds is 3. The Kier molecular flexibility index (Phi) is 4.11. The molecule has 1 atom stereocenters. The Balaban J connectivity index is 2.13. The Labute approximate surface area is 107 Å². The molecular weight excluding hydrogens is 230 g/mol. The zero-order chi connectivity index (χ0) is 12.3. The fourth-order valence-electron chi connectivity index (χ4n) is 1.91. The van der Waals surface area contributed by atoms with Crippen LogP contribution in [0.4, 0.5) is 0 Å². The normalized spacial score (nSPS) is 16.1. The fourth-order valence-corrected chi connectivity index (χ4v) is 2.93. The highest BCUT2D eigenvalue weighted by Gasteiger charge is 2.14. The summed E-state index contributed by atoms with van der Waals surface area (Å²) in [4.78, 5) is 13.3. The lowest BCUT2D eigenvalue weighted by molar-refractivity contribution is 0.0939. The lowest BCUT2D eigenvalue weighted by Crippen LogP contribution is -2.32. The van der Waals surface area contributed by atoms with E-state index in [0.717, 1.165) is 18.4 Å². The molecule has 1 aromatic carbocycles. The number of thioether (sulfide) groups is 1. The Morgan fingerprint density at radius 2 is 2.35 bits per heavy atom. The van der Waals surface area contributed by atoms with Crippen LogP contribution < -0.4 is 5.32 Å². The molecule has 0 saturated heterocycles. The van der Waals surface area contributed by atoms with Gasteiger partial charge in [0.1, 0.15) is 0 Å². The van der Waals surface area contributed by atoms with Crippen molar-refractivity contribution in [3.63, 3.8) is 0 Å². The first kappa shape index (κ1) is 12.5. The molecule has 1 aromatic rings. The number of benzene rings is 1. The number of carbonyl (C=O) groups is 1. The van der Waals surface area contributed by atoms with Crippen LogP contribution in [0.15, 0.2) is 23.1 Å². The van der Waals surface area contributed by atoms with Crippen molar-refractivity contribution in [3.8, 4) is 0 Å². The molecule has 1 N–H and O–H groups in total. The van der Waals surface area contributed by atoms with Crippen LogP contribution in [0.2, 0.25) is 0 Å². The van der Waals surface area contributed by atoms with E-state index in [1.807, 2.05) is 24.8 Å². The summed E-state index contributed by atoms with van der Waals surface area (Å²) >= 11 is 1.90. The lowest BCUT2D eigenvalue weighted by atomic mass is 10.1. The predicted molar refractivity (Wildman–Crippen MR) is 72.7 cm³/mol. The van der Waals surface area contributed by atoms with E-state index < -0.39 is 0 Å². The standard InChI is InChI=1S/C14H19NOS/c1-3-10(2)15-14(16)12-6-7-13-11(9-12)5-4-8-17-13/h6-7,9-10H,3-5,8H2,1-2H3,(H,15,16). The van der Waals surface area contributed by atoms with Gasteiger partial charge in [-0.25, -0.2) is 0 Å². The number of hydrogen-bond acceptors (Lipinski definition) is 2. The highest BCUT2D eigenvalue weighted by atomic mass is 32.2. The van der Waals surface area contributed by atoms with Gasteiger partial charge in [-0.05, 0) is 55.7 Å². The summed E-state index contributed by atoms with van der Waals surface area (Å²) in [5.74, 6) is 1.25. The van der Waals surface area contributed by atoms with E-state index in [1.54, 1.807) is 0 Å². The van der Waals surface area contributed by atoms with Crippen molar-refractivity contribution in [1.29, 1.82) is 0 Å². The number of aryl methyl sites for hydroxylation is 1. The molecular formula is C14H19NOS. The van der Waals surface area contributed by atoms with E-state index in [9.17, 15) is 4.79 Å². The van der Waals surface area contributed by atoms with Crippen molar-refractivity contribution in [2.24, 2.45) is 0 Å². The fraction of sp³-hybridized carbons (Fsp3) is 0.500. The summed E-state index contributed by atoms with van der Waals surface area (Å²) in [5, 5.41) is 3.01. The van der Waals surface area contributed by atoms with Gasteiger partial charge in [0.15, 0.2) is 0 Å². The molecule has 1 unspecified atom stereocenters. The minimum absolute atomic E-state index is 0.0534. The third-order valence-electron chi connectivity index (χ3n) is 3.16. The van der Waals surface area contributed by atoms with Crippen LogP contribution in [0.5, 0.6) is 0 Å². The van der Waals surface area contributed by atoms with Crippen LogP contribution in [0, 0.1) is 0 Å². The molecule has 3 heteroatoms. The minimum Gasteiger partial charge on any atom is -0.350 e. The van der Waals surface area contributed by atoms with Crippen LogP contribution >= 0.6 is 11.8 Å². The van der Waals surface area contributed by atoms with E-state index in [0.29, 0.717) is 0 Å². The summed E-state index contributed by atoms with van der Waals surface area (Å²) < 4.78 is 0. The summed E-state index contributed by atoms with van der Waals surface area (Å²) in [6, 6.07) is 6.33. The second-order valence-corrected chi connectivity index (χ2v) is 5.69. The first-order valence-corrected chi connectivity index (χ1v) is 7.26. The topological polar surface area (TPSA) is 29.1 Å². The van der Waals surface area contributed by atoms with Gasteiger partial charge in [0.2, 0.25) is 0 Å². The quantitative estimate of drug-likeness (QED) is 0.891. The first-order valence-electron chi connectivity index (χ1n) is 6.27. The summed E-state index contributed by atoms with van der Waals surface area (Å²) in [6.45, 7) is 4.11. The maximum absolute atomic E-state index is 12.0. The molecule has 2 nitrogen and oxygen atoms in total. The van der Waals surface area contributed by atoms with E-state index in [1.165, 1.54) is 22.6 Å². The second-order valence-electron chi connectivity index (χ2n) is 4.56. The molecule has 0 bridgehead atoms. The Morgan fingerprint density at radius 3 is 3.12 bits per heavy atom. The Morgan fingerprint density at radius 1 is 1.53 bits per heavy atom. The third-order valence-corrected chi connectivity index (χ3v) is 4.36. The predicted octanol–water partition coefficient (Wildman–Crippen LogP) is 3.25. The smallest absolute Gasteiger partial charge is 0.251 e. The van der Waals surface area contributed by atoms with Crippen LogP contribution in [0.1, 0.15) is 42.6 Å². The number of carbonyl (C=O) groups excluding carboxylic acids is 1. The first-order chi connectivity index (χ1) is 8.20. The monoisotopic (exact) mass is 249 g/mol. The lowest BCUT2D eigenvalue weighted by Gasteiger charge is -2.17. The van der Waals surface area contributed by atoms with Crippen molar-refractivity contribution in [2.75, 3.05) is 5.75 Å². The molecule has 2 rings (SSSR count). The zero-order valence-corrected chi connectivity index (χ0v) is 11.3. The van der Waals surface area contributed by atoms with Crippen molar-refractivity contribution >= 4 is 17.7 Å². The van der Waals surface area contributed by atoms with Crippen LogP contribution in [-0.4, -0.2) is 17.7 Å². The van der Waals surface area contributed by atoms with E-state index in [2.05, 4.69) is 24.4 Å². The zero-order valence-electron chi connectivity index (χ0n) is 10.5. The average molecular weight is 249 g/mol. The van der Waals surface area contributed by atoms with Gasteiger partial charge in [0, 0.05) is 16.5 Å². The van der Waals surface area contributed by atoms with Crippen molar-refractivity contribution < 1.29 is 4.79 Å². The Bertz CT molecular complexity index is 417. The van der Waals surface area contributed by atoms with Crippen LogP contribution in [0.25, 0.3) is 0 Å². The van der Waals surface area contributed by atoms with E-state index in [4.69, 9.17) is 0 Å². The van der Waals surface area contributed by atoms with Crippen molar-refractivity contribution in [1.82, 2.24) is 5.32 Å². The molecule has 0 spiro atoms. The average Bonchev–Trinajstić information content (AvgIpc) is 2.38. The van der Waals surface area contributed by atoms with Gasteiger partial charge in [-0.2, -0.15) is 0 Å².